The van der Waals surface area contributed by atoms with Crippen LogP contribution in [-0.4, -0.2) is 45.6 Å². The van der Waals surface area contributed by atoms with Gasteiger partial charge in [-0.25, -0.2) is 19.3 Å². The minimum Gasteiger partial charge on any atom is -0.423 e. The van der Waals surface area contributed by atoms with Crippen molar-refractivity contribution in [3.8, 4) is 0 Å². The van der Waals surface area contributed by atoms with Crippen molar-refractivity contribution in [2.45, 2.75) is 90.3 Å². The third-order valence-corrected chi connectivity index (χ3v) is 9.64. The van der Waals surface area contributed by atoms with E-state index in [1.165, 1.54) is 6.07 Å². The van der Waals surface area contributed by atoms with Crippen molar-refractivity contribution in [1.82, 2.24) is 15.0 Å². The molecule has 0 N–H and O–H groups in total. The van der Waals surface area contributed by atoms with Gasteiger partial charge in [0.05, 0.1) is 18.8 Å². The molecule has 0 radical (unpaired) electrons. The van der Waals surface area contributed by atoms with Crippen LogP contribution in [-0.2, 0) is 37.0 Å². The smallest absolute Gasteiger partial charge is 0.336 e. The second-order valence-corrected chi connectivity index (χ2v) is 12.4. The van der Waals surface area contributed by atoms with Gasteiger partial charge in [-0.3, -0.25) is 0 Å². The fourth-order valence-electron chi connectivity index (χ4n) is 7.52. The highest BCUT2D eigenvalue weighted by Gasteiger charge is 2.69. The van der Waals surface area contributed by atoms with Crippen molar-refractivity contribution >= 4 is 11.0 Å². The van der Waals surface area contributed by atoms with E-state index in [2.05, 4.69) is 24.2 Å². The molecule has 1 saturated carbocycles. The van der Waals surface area contributed by atoms with Gasteiger partial charge in [0, 0.05) is 42.3 Å². The van der Waals surface area contributed by atoms with Gasteiger partial charge < -0.3 is 18.6 Å². The molecule has 4 saturated heterocycles. The lowest BCUT2D eigenvalue weighted by molar-refractivity contribution is -0.577. The number of rotatable bonds is 6. The summed E-state index contributed by atoms with van der Waals surface area (Å²) in [5.41, 5.74) is 2.35. The van der Waals surface area contributed by atoms with Gasteiger partial charge in [0.25, 0.3) is 0 Å². The molecule has 2 bridgehead atoms. The fraction of sp³-hybridized carbons (Fsp3) is 0.633. The van der Waals surface area contributed by atoms with E-state index in [9.17, 15) is 4.79 Å². The molecule has 1 aliphatic carbocycles. The molecule has 1 spiro atoms. The van der Waals surface area contributed by atoms with Gasteiger partial charge in [-0.05, 0) is 62.6 Å². The van der Waals surface area contributed by atoms with Gasteiger partial charge in [-0.2, -0.15) is 0 Å². The van der Waals surface area contributed by atoms with E-state index in [1.54, 1.807) is 4.68 Å². The van der Waals surface area contributed by atoms with Crippen LogP contribution in [0.25, 0.3) is 11.0 Å². The van der Waals surface area contributed by atoms with Gasteiger partial charge in [0.15, 0.2) is 18.2 Å². The Kier molecular flexibility index (Phi) is 6.40. The van der Waals surface area contributed by atoms with Crippen LogP contribution in [0.4, 0.5) is 0 Å². The third kappa shape index (κ3) is 4.32. The van der Waals surface area contributed by atoms with Crippen LogP contribution in [0, 0.1) is 30.6 Å². The number of nitrogens with zero attached hydrogens (tertiary/aromatic N) is 3. The van der Waals surface area contributed by atoms with E-state index in [-0.39, 0.29) is 17.5 Å². The molecule has 0 unspecified atom stereocenters. The van der Waals surface area contributed by atoms with Crippen LogP contribution in [0.2, 0.25) is 0 Å². The quantitative estimate of drug-likeness (QED) is 0.323. The van der Waals surface area contributed by atoms with Crippen molar-refractivity contribution in [2.75, 3.05) is 6.61 Å². The molecule has 10 nitrogen and oxygen atoms in total. The number of ether oxygens (including phenoxy) is 3. The molecule has 1 aromatic carbocycles. The Morgan fingerprint density at radius 1 is 1.12 bits per heavy atom. The van der Waals surface area contributed by atoms with E-state index >= 15 is 0 Å². The first-order chi connectivity index (χ1) is 19.2. The molecule has 5 fully saturated rings. The maximum Gasteiger partial charge on any atom is 0.336 e. The van der Waals surface area contributed by atoms with Gasteiger partial charge >= 0.3 is 5.63 Å². The minimum absolute atomic E-state index is 0.123. The van der Waals surface area contributed by atoms with Crippen LogP contribution < -0.4 is 5.63 Å². The zero-order valence-corrected chi connectivity index (χ0v) is 23.5. The monoisotopic (exact) mass is 551 g/mol. The zero-order valence-electron chi connectivity index (χ0n) is 23.5. The summed E-state index contributed by atoms with van der Waals surface area (Å²) in [4.78, 5) is 24.2. The fourth-order valence-corrected chi connectivity index (χ4v) is 7.52. The Bertz CT molecular complexity index is 1470. The van der Waals surface area contributed by atoms with Crippen LogP contribution in [0.15, 0.2) is 39.7 Å². The lowest BCUT2D eigenvalue weighted by Gasteiger charge is -2.60. The molecule has 5 aliphatic rings. The molecule has 8 atom stereocenters. The average molecular weight is 552 g/mol. The van der Waals surface area contributed by atoms with E-state index in [1.807, 2.05) is 38.2 Å². The topological polar surface area (TPSA) is 107 Å². The number of aromatic nitrogens is 3. The maximum absolute atomic E-state index is 12.1. The average Bonchev–Trinajstić information content (AvgIpc) is 3.24. The van der Waals surface area contributed by atoms with E-state index < -0.39 is 24.0 Å². The largest absolute Gasteiger partial charge is 0.423 e. The van der Waals surface area contributed by atoms with Crippen molar-refractivity contribution in [3.05, 3.63) is 57.7 Å². The number of aryl methyl sites for hydroxylation is 1. The normalized spacial score (nSPS) is 36.9. The molecule has 0 amide bonds. The minimum atomic E-state index is -0.801. The maximum atomic E-state index is 12.1. The second kappa shape index (κ2) is 9.73. The summed E-state index contributed by atoms with van der Waals surface area (Å²) in [6.07, 6.45) is 5.53. The first-order valence-electron chi connectivity index (χ1n) is 14.5. The van der Waals surface area contributed by atoms with Crippen LogP contribution in [0.1, 0.15) is 63.3 Å². The predicted octanol–water partition coefficient (Wildman–Crippen LogP) is 4.51. The van der Waals surface area contributed by atoms with E-state index in [0.717, 1.165) is 47.9 Å². The van der Waals surface area contributed by atoms with Gasteiger partial charge in [0.2, 0.25) is 5.79 Å². The third-order valence-electron chi connectivity index (χ3n) is 9.64. The Morgan fingerprint density at radius 2 is 2.00 bits per heavy atom. The standard InChI is InChI=1S/C30H37N3O7/c1-17-5-8-25-22(13-17)20(14-26(34)36-25)15-33-16-21(31-32-33)10-12-35-27-19(3)24-7-6-18(2)23-9-11-29(4)38-28(37-27)30(23,24)40-39-29/h5,8,13-14,16,18-19,23-24,27-28H,6-7,9-12,15H2,1-4H3/t18-,19-,23+,24+,27+,28-,29-,30-/m1/s1. The first kappa shape index (κ1) is 26.3. The van der Waals surface area contributed by atoms with Crippen LogP contribution in [0.5, 0.6) is 0 Å². The zero-order chi connectivity index (χ0) is 27.6. The molecule has 2 aromatic heterocycles. The summed E-state index contributed by atoms with van der Waals surface area (Å²) in [5, 5.41) is 9.53. The number of hydrogen-bond acceptors (Lipinski definition) is 9. The summed E-state index contributed by atoms with van der Waals surface area (Å²) in [6.45, 7) is 9.31. The second-order valence-electron chi connectivity index (χ2n) is 12.4. The lowest BCUT2D eigenvalue weighted by Crippen LogP contribution is -2.70. The summed E-state index contributed by atoms with van der Waals surface area (Å²) >= 11 is 0. The molecular formula is C30H37N3O7. The summed E-state index contributed by atoms with van der Waals surface area (Å²) in [5.74, 6) is 0.400. The van der Waals surface area contributed by atoms with Crippen LogP contribution >= 0.6 is 0 Å². The molecule has 4 aliphatic heterocycles. The van der Waals surface area contributed by atoms with E-state index in [0.29, 0.717) is 37.0 Å². The molecule has 10 heteroatoms. The first-order valence-corrected chi connectivity index (χ1v) is 14.5. The number of hydrogen-bond donors (Lipinski definition) is 0. The highest BCUT2D eigenvalue weighted by molar-refractivity contribution is 5.80. The highest BCUT2D eigenvalue weighted by Crippen LogP contribution is 2.60. The summed E-state index contributed by atoms with van der Waals surface area (Å²) < 4.78 is 26.4. The van der Waals surface area contributed by atoms with Gasteiger partial charge in [0.1, 0.15) is 5.58 Å². The molecule has 3 aromatic rings. The summed E-state index contributed by atoms with van der Waals surface area (Å²) in [6, 6.07) is 7.30. The Hall–Kier alpha value is -2.63. The molecule has 8 rings (SSSR count). The van der Waals surface area contributed by atoms with Gasteiger partial charge in [-0.1, -0.05) is 30.7 Å². The molecule has 40 heavy (non-hydrogen) atoms. The highest BCUT2D eigenvalue weighted by atomic mass is 17.3. The van der Waals surface area contributed by atoms with E-state index in [4.69, 9.17) is 28.4 Å². The number of benzene rings is 1. The molecular weight excluding hydrogens is 514 g/mol. The lowest BCUT2D eigenvalue weighted by atomic mass is 9.58. The van der Waals surface area contributed by atoms with Crippen molar-refractivity contribution in [1.29, 1.82) is 0 Å². The van der Waals surface area contributed by atoms with Crippen molar-refractivity contribution in [2.24, 2.45) is 23.7 Å². The molecule has 6 heterocycles. The molecule has 214 valence electrons. The van der Waals surface area contributed by atoms with Crippen LogP contribution in [0.3, 0.4) is 0 Å². The Morgan fingerprint density at radius 3 is 2.88 bits per heavy atom. The Balaban J connectivity index is 1.03. The summed E-state index contributed by atoms with van der Waals surface area (Å²) in [7, 11) is 0. The van der Waals surface area contributed by atoms with Gasteiger partial charge in [-0.15, -0.1) is 5.10 Å². The Labute approximate surface area is 232 Å². The number of fused-ring (bicyclic) bond motifs is 3. The van der Waals surface area contributed by atoms with Crippen molar-refractivity contribution < 1.29 is 28.4 Å². The van der Waals surface area contributed by atoms with Crippen molar-refractivity contribution in [3.63, 3.8) is 0 Å². The predicted molar refractivity (Wildman–Crippen MR) is 143 cm³/mol. The SMILES string of the molecule is Cc1ccc2oc(=O)cc(Cn3cc(CCO[C@H]4O[C@@H]5O[C@@]6(C)CC[C@H]7[C@H](C)CC[C@@H]([C@H]4C)[C@@]57OO6)nn3)c2c1.